The first-order valence-corrected chi connectivity index (χ1v) is 20.6. The van der Waals surface area contributed by atoms with Gasteiger partial charge in [0.05, 0.1) is 11.7 Å². The van der Waals surface area contributed by atoms with Crippen molar-refractivity contribution in [1.29, 1.82) is 0 Å². The Kier molecular flexibility index (Phi) is 9.08. The molecule has 10 heteroatoms. The lowest BCUT2D eigenvalue weighted by Crippen LogP contribution is -2.52. The van der Waals surface area contributed by atoms with Gasteiger partial charge in [0.1, 0.15) is 6.04 Å². The Labute approximate surface area is 327 Å². The predicted octanol–water partition coefficient (Wildman–Crippen LogP) is 6.22. The van der Waals surface area contributed by atoms with E-state index in [4.69, 9.17) is 0 Å². The second-order valence-corrected chi connectivity index (χ2v) is 16.5. The van der Waals surface area contributed by atoms with E-state index in [1.54, 1.807) is 4.90 Å². The maximum absolute atomic E-state index is 13.2. The minimum Gasteiger partial charge on any atom is -0.372 e. The number of aromatic nitrogens is 2. The zero-order valence-electron chi connectivity index (χ0n) is 31.8. The number of hydrogen-bond acceptors (Lipinski definition) is 7. The van der Waals surface area contributed by atoms with E-state index in [2.05, 4.69) is 109 Å². The number of piperazine rings is 1. The number of nitrogens with zero attached hydrogens (tertiary/aromatic N) is 5. The second-order valence-electron chi connectivity index (χ2n) is 16.5. The summed E-state index contributed by atoms with van der Waals surface area (Å²) in [7, 11) is 0. The largest absolute Gasteiger partial charge is 0.372 e. The lowest BCUT2D eigenvalue weighted by molar-refractivity contribution is -0.136. The van der Waals surface area contributed by atoms with E-state index in [9.17, 15) is 14.4 Å². The topological polar surface area (TPSA) is 105 Å². The normalized spacial score (nSPS) is 23.4. The van der Waals surface area contributed by atoms with Crippen LogP contribution < -0.4 is 15.1 Å². The average molecular weight is 748 g/mol. The second kappa shape index (κ2) is 14.5. The number of imide groups is 1. The molecule has 4 aromatic carbocycles. The van der Waals surface area contributed by atoms with Crippen LogP contribution in [0.2, 0.25) is 0 Å². The Bertz CT molecular complexity index is 2270. The van der Waals surface area contributed by atoms with Crippen LogP contribution in [0.3, 0.4) is 0 Å². The van der Waals surface area contributed by atoms with Crippen molar-refractivity contribution >= 4 is 40.0 Å². The number of aromatic amines is 1. The van der Waals surface area contributed by atoms with Crippen molar-refractivity contribution in [1.82, 2.24) is 25.3 Å². The Morgan fingerprint density at radius 1 is 0.714 bits per heavy atom. The number of nitrogens with one attached hydrogen (secondary N) is 2. The fourth-order valence-corrected chi connectivity index (χ4v) is 10.4. The number of benzene rings is 4. The molecule has 10 nitrogen and oxygen atoms in total. The van der Waals surface area contributed by atoms with Crippen molar-refractivity contribution in [3.05, 3.63) is 125 Å². The van der Waals surface area contributed by atoms with Gasteiger partial charge < -0.3 is 14.7 Å². The minimum atomic E-state index is -0.583. The van der Waals surface area contributed by atoms with Gasteiger partial charge in [-0.25, -0.2) is 0 Å². The SMILES string of the molecule is O=C1CC[C@H](N2Cc3cc(N4CCN(CC5CCN(c6ccc([C@H]7c8ccc9[nH]ncc9c8CC[C@H]7c7ccccc7)cc6)CC5)CC4)ccc3C2=O)C(=O)N1. The van der Waals surface area contributed by atoms with Crippen molar-refractivity contribution in [3.63, 3.8) is 0 Å². The van der Waals surface area contributed by atoms with Crippen LogP contribution in [-0.2, 0) is 22.6 Å². The predicted molar refractivity (Wildman–Crippen MR) is 218 cm³/mol. The molecule has 5 aliphatic rings. The first-order chi connectivity index (χ1) is 27.5. The van der Waals surface area contributed by atoms with Gasteiger partial charge in [0, 0.05) is 87.0 Å². The summed E-state index contributed by atoms with van der Waals surface area (Å²) in [5.41, 5.74) is 10.9. The van der Waals surface area contributed by atoms with Gasteiger partial charge in [0.25, 0.3) is 5.91 Å². The van der Waals surface area contributed by atoms with Crippen LogP contribution in [0, 0.1) is 5.92 Å². The summed E-state index contributed by atoms with van der Waals surface area (Å²) in [4.78, 5) is 46.6. The Balaban J connectivity index is 0.743. The number of fused-ring (bicyclic) bond motifs is 4. The third-order valence-corrected chi connectivity index (χ3v) is 13.4. The van der Waals surface area contributed by atoms with E-state index >= 15 is 0 Å². The first-order valence-electron chi connectivity index (χ1n) is 20.6. The summed E-state index contributed by atoms with van der Waals surface area (Å²) >= 11 is 0. The zero-order valence-corrected chi connectivity index (χ0v) is 31.8. The van der Waals surface area contributed by atoms with Gasteiger partial charge in [-0.1, -0.05) is 48.5 Å². The molecule has 5 aromatic rings. The van der Waals surface area contributed by atoms with Gasteiger partial charge in [-0.3, -0.25) is 29.7 Å². The highest BCUT2D eigenvalue weighted by Crippen LogP contribution is 2.48. The van der Waals surface area contributed by atoms with E-state index in [-0.39, 0.29) is 24.1 Å². The maximum Gasteiger partial charge on any atom is 0.255 e. The zero-order chi connectivity index (χ0) is 37.8. The molecule has 5 heterocycles. The molecule has 0 radical (unpaired) electrons. The molecule has 0 unspecified atom stereocenters. The van der Waals surface area contributed by atoms with Gasteiger partial charge in [-0.15, -0.1) is 0 Å². The molecule has 0 bridgehead atoms. The third kappa shape index (κ3) is 6.43. The highest BCUT2D eigenvalue weighted by atomic mass is 16.2. The van der Waals surface area contributed by atoms with Crippen molar-refractivity contribution in [2.75, 3.05) is 55.6 Å². The standard InChI is InChI=1S/C46H49N7O3/c54-43-17-16-42(45(55)48-43)53-29-33-26-35(10-11-37(33)46(53)56)52-24-22-50(23-25-52)28-30-18-20-51(21-19-30)34-8-6-32(7-9-34)44-36(31-4-2-1-3-5-31)12-13-38-39(44)14-15-41-40(38)27-47-49-41/h1-11,14-15,26-27,30,36,42,44H,12-13,16-25,28-29H2,(H,47,49)(H,48,54,55)/t36-,42-,44+/m0/s1. The molecule has 1 aromatic heterocycles. The number of anilines is 2. The van der Waals surface area contributed by atoms with Crippen LogP contribution >= 0.6 is 0 Å². The molecule has 4 aliphatic heterocycles. The summed E-state index contributed by atoms with van der Waals surface area (Å²) in [5, 5.41) is 11.2. The van der Waals surface area contributed by atoms with Crippen LogP contribution in [0.25, 0.3) is 10.9 Å². The quantitative estimate of drug-likeness (QED) is 0.191. The van der Waals surface area contributed by atoms with Gasteiger partial charge in [0.2, 0.25) is 11.8 Å². The molecule has 3 saturated heterocycles. The van der Waals surface area contributed by atoms with Gasteiger partial charge >= 0.3 is 0 Å². The molecule has 3 amide bonds. The third-order valence-electron chi connectivity index (χ3n) is 13.4. The number of H-pyrrole nitrogens is 1. The maximum atomic E-state index is 13.2. The van der Waals surface area contributed by atoms with Crippen molar-refractivity contribution in [3.8, 4) is 0 Å². The molecule has 286 valence electrons. The fourth-order valence-electron chi connectivity index (χ4n) is 10.4. The number of piperidine rings is 2. The van der Waals surface area contributed by atoms with Gasteiger partial charge in [0.15, 0.2) is 0 Å². The van der Waals surface area contributed by atoms with E-state index in [1.807, 2.05) is 12.3 Å². The number of aryl methyl sites for hydroxylation is 1. The van der Waals surface area contributed by atoms with Crippen molar-refractivity contribution < 1.29 is 14.4 Å². The van der Waals surface area contributed by atoms with Crippen molar-refractivity contribution in [2.24, 2.45) is 5.92 Å². The smallest absolute Gasteiger partial charge is 0.255 e. The highest BCUT2D eigenvalue weighted by Gasteiger charge is 2.39. The number of carbonyl (C=O) groups is 3. The summed E-state index contributed by atoms with van der Waals surface area (Å²) in [6, 6.07) is 30.7. The molecule has 10 rings (SSSR count). The number of rotatable bonds is 7. The van der Waals surface area contributed by atoms with E-state index in [0.717, 1.165) is 75.4 Å². The molecular weight excluding hydrogens is 699 g/mol. The molecule has 2 N–H and O–H groups in total. The molecular formula is C46H49N7O3. The van der Waals surface area contributed by atoms with E-state index in [0.29, 0.717) is 36.3 Å². The summed E-state index contributed by atoms with van der Waals surface area (Å²) < 4.78 is 0. The van der Waals surface area contributed by atoms with Gasteiger partial charge in [-0.2, -0.15) is 5.10 Å². The number of amides is 3. The molecule has 0 saturated carbocycles. The highest BCUT2D eigenvalue weighted by molar-refractivity contribution is 6.05. The fraction of sp³-hybridized carbons (Fsp3) is 0.391. The van der Waals surface area contributed by atoms with E-state index < -0.39 is 6.04 Å². The molecule has 56 heavy (non-hydrogen) atoms. The molecule has 3 atom stereocenters. The average Bonchev–Trinajstić information content (AvgIpc) is 3.86. The lowest BCUT2D eigenvalue weighted by atomic mass is 9.69. The Hall–Kier alpha value is -5.48. The van der Waals surface area contributed by atoms with Gasteiger partial charge in [-0.05, 0) is 108 Å². The van der Waals surface area contributed by atoms with Crippen LogP contribution in [0.15, 0.2) is 91.1 Å². The Morgan fingerprint density at radius 2 is 1.48 bits per heavy atom. The van der Waals surface area contributed by atoms with Crippen LogP contribution in [0.4, 0.5) is 11.4 Å². The molecule has 3 fully saturated rings. The summed E-state index contributed by atoms with van der Waals surface area (Å²) in [5.74, 6) is 0.699. The number of hydrogen-bond donors (Lipinski definition) is 2. The van der Waals surface area contributed by atoms with Crippen LogP contribution in [-0.4, -0.2) is 89.6 Å². The monoisotopic (exact) mass is 747 g/mol. The lowest BCUT2D eigenvalue weighted by Gasteiger charge is -2.40. The summed E-state index contributed by atoms with van der Waals surface area (Å²) in [6.07, 6.45) is 7.25. The Morgan fingerprint density at radius 3 is 2.27 bits per heavy atom. The van der Waals surface area contributed by atoms with Crippen molar-refractivity contribution in [2.45, 2.75) is 62.9 Å². The number of carbonyl (C=O) groups excluding carboxylic acids is 3. The molecule has 0 spiro atoms. The molecule has 1 aliphatic carbocycles. The summed E-state index contributed by atoms with van der Waals surface area (Å²) in [6.45, 7) is 7.70. The van der Waals surface area contributed by atoms with Crippen LogP contribution in [0.5, 0.6) is 0 Å². The first kappa shape index (κ1) is 35.0. The van der Waals surface area contributed by atoms with E-state index in [1.165, 1.54) is 46.2 Å². The minimum absolute atomic E-state index is 0.117. The van der Waals surface area contributed by atoms with Crippen LogP contribution in [0.1, 0.15) is 82.1 Å².